The van der Waals surface area contributed by atoms with Gasteiger partial charge >= 0.3 is 0 Å². The number of hydrogen-bond donors (Lipinski definition) is 0. The van der Waals surface area contributed by atoms with Crippen LogP contribution in [0, 0.1) is 0 Å². The molecule has 1 aromatic heterocycles. The van der Waals surface area contributed by atoms with Crippen LogP contribution in [0.15, 0.2) is 30.0 Å². The Balaban J connectivity index is 2.14. The van der Waals surface area contributed by atoms with Gasteiger partial charge in [-0.2, -0.15) is 0 Å². The van der Waals surface area contributed by atoms with E-state index in [-0.39, 0.29) is 5.91 Å². The van der Waals surface area contributed by atoms with E-state index in [9.17, 15) is 4.79 Å². The Bertz CT molecular complexity index is 442. The average Bonchev–Trinajstić information content (AvgIpc) is 2.29. The minimum Gasteiger partial charge on any atom is -0.335 e. The number of halogens is 1. The lowest BCUT2D eigenvalue weighted by Crippen LogP contribution is -2.34. The van der Waals surface area contributed by atoms with E-state index in [4.69, 9.17) is 11.6 Å². The Morgan fingerprint density at radius 1 is 1.56 bits per heavy atom. The molecular weight excluding hydrogens is 224 g/mol. The summed E-state index contributed by atoms with van der Waals surface area (Å²) < 4.78 is 0. The number of amides is 1. The summed E-state index contributed by atoms with van der Waals surface area (Å²) in [7, 11) is 0. The van der Waals surface area contributed by atoms with Crippen LogP contribution in [0.3, 0.4) is 0 Å². The second-order valence-electron chi connectivity index (χ2n) is 3.92. The monoisotopic (exact) mass is 236 g/mol. The third kappa shape index (κ3) is 2.42. The van der Waals surface area contributed by atoms with E-state index < -0.39 is 0 Å². The van der Waals surface area contributed by atoms with E-state index in [0.717, 1.165) is 13.0 Å². The van der Waals surface area contributed by atoms with Crippen molar-refractivity contribution in [3.8, 4) is 0 Å². The molecule has 1 aliphatic rings. The fourth-order valence-corrected chi connectivity index (χ4v) is 1.85. The first-order valence-corrected chi connectivity index (χ1v) is 5.61. The number of rotatable bonds is 1. The highest BCUT2D eigenvalue weighted by atomic mass is 35.5. The molecule has 84 valence electrons. The van der Waals surface area contributed by atoms with Gasteiger partial charge in [0.15, 0.2) is 0 Å². The molecule has 2 rings (SSSR count). The number of aromatic nitrogens is 1. The minimum atomic E-state index is 0.0213. The van der Waals surface area contributed by atoms with Gasteiger partial charge in [-0.05, 0) is 25.5 Å². The zero-order valence-electron chi connectivity index (χ0n) is 9.11. The lowest BCUT2D eigenvalue weighted by atomic mass is 10.1. The number of carbonyl (C=O) groups is 1. The van der Waals surface area contributed by atoms with E-state index in [1.54, 1.807) is 18.3 Å². The summed E-state index contributed by atoms with van der Waals surface area (Å²) >= 11 is 5.76. The molecule has 4 heteroatoms. The van der Waals surface area contributed by atoms with E-state index in [1.165, 1.54) is 5.57 Å². The minimum absolute atomic E-state index is 0.0213. The molecule has 16 heavy (non-hydrogen) atoms. The van der Waals surface area contributed by atoms with Crippen LogP contribution in [-0.2, 0) is 0 Å². The zero-order valence-corrected chi connectivity index (χ0v) is 9.87. The fourth-order valence-electron chi connectivity index (χ4n) is 1.67. The predicted octanol–water partition coefficient (Wildman–Crippen LogP) is 2.53. The van der Waals surface area contributed by atoms with Crippen molar-refractivity contribution < 1.29 is 4.79 Å². The third-order valence-electron chi connectivity index (χ3n) is 2.70. The summed E-state index contributed by atoms with van der Waals surface area (Å²) in [5.74, 6) is 0.0213. The molecule has 0 unspecified atom stereocenters. The first kappa shape index (κ1) is 11.1. The maximum absolute atomic E-state index is 12.1. The molecule has 1 aliphatic heterocycles. The maximum Gasteiger partial charge on any atom is 0.254 e. The Morgan fingerprint density at radius 3 is 3.00 bits per heavy atom. The third-order valence-corrected chi connectivity index (χ3v) is 2.90. The van der Waals surface area contributed by atoms with Gasteiger partial charge in [0.1, 0.15) is 5.15 Å². The van der Waals surface area contributed by atoms with Crippen LogP contribution < -0.4 is 0 Å². The largest absolute Gasteiger partial charge is 0.335 e. The van der Waals surface area contributed by atoms with Crippen LogP contribution in [0.4, 0.5) is 0 Å². The predicted molar refractivity (Wildman–Crippen MR) is 63.5 cm³/mol. The summed E-state index contributed by atoms with van der Waals surface area (Å²) in [4.78, 5) is 17.7. The second kappa shape index (κ2) is 4.66. The van der Waals surface area contributed by atoms with Gasteiger partial charge < -0.3 is 4.90 Å². The van der Waals surface area contributed by atoms with Crippen molar-refractivity contribution in [1.82, 2.24) is 9.88 Å². The van der Waals surface area contributed by atoms with Crippen molar-refractivity contribution in [3.63, 3.8) is 0 Å². The van der Waals surface area contributed by atoms with Crippen LogP contribution in [0.1, 0.15) is 23.7 Å². The van der Waals surface area contributed by atoms with Crippen LogP contribution in [0.5, 0.6) is 0 Å². The number of carbonyl (C=O) groups excluding carboxylic acids is 1. The molecule has 0 bridgehead atoms. The first-order chi connectivity index (χ1) is 7.66. The highest BCUT2D eigenvalue weighted by molar-refractivity contribution is 6.29. The van der Waals surface area contributed by atoms with E-state index >= 15 is 0 Å². The zero-order chi connectivity index (χ0) is 11.5. The smallest absolute Gasteiger partial charge is 0.254 e. The average molecular weight is 237 g/mol. The Hall–Kier alpha value is -1.35. The van der Waals surface area contributed by atoms with Crippen molar-refractivity contribution in [2.24, 2.45) is 0 Å². The van der Waals surface area contributed by atoms with Crippen molar-refractivity contribution in [2.45, 2.75) is 13.3 Å². The van der Waals surface area contributed by atoms with Gasteiger partial charge in [-0.25, -0.2) is 4.98 Å². The molecule has 0 atom stereocenters. The van der Waals surface area contributed by atoms with Crippen LogP contribution in [-0.4, -0.2) is 28.9 Å². The van der Waals surface area contributed by atoms with E-state index in [2.05, 4.69) is 18.0 Å². The quantitative estimate of drug-likeness (QED) is 0.555. The second-order valence-corrected chi connectivity index (χ2v) is 4.31. The van der Waals surface area contributed by atoms with Gasteiger partial charge in [-0.1, -0.05) is 23.3 Å². The highest BCUT2D eigenvalue weighted by Crippen LogP contribution is 2.14. The molecule has 1 amide bonds. The maximum atomic E-state index is 12.1. The SMILES string of the molecule is CC1=CCN(C(=O)c2ccnc(Cl)c2)CC1. The standard InChI is InChI=1S/C12H13ClN2O/c1-9-3-6-15(7-4-9)12(16)10-2-5-14-11(13)8-10/h2-3,5,8H,4,6-7H2,1H3. The normalized spacial score (nSPS) is 15.9. The number of pyridine rings is 1. The van der Waals surface area contributed by atoms with Gasteiger partial charge in [0.05, 0.1) is 0 Å². The summed E-state index contributed by atoms with van der Waals surface area (Å²) in [5.41, 5.74) is 1.95. The van der Waals surface area contributed by atoms with Crippen molar-refractivity contribution in [2.75, 3.05) is 13.1 Å². The van der Waals surface area contributed by atoms with Crippen LogP contribution >= 0.6 is 11.6 Å². The molecule has 0 saturated carbocycles. The van der Waals surface area contributed by atoms with E-state index in [1.807, 2.05) is 4.90 Å². The molecular formula is C12H13ClN2O. The molecule has 0 saturated heterocycles. The summed E-state index contributed by atoms with van der Waals surface area (Å²) in [6.45, 7) is 3.55. The highest BCUT2D eigenvalue weighted by Gasteiger charge is 2.17. The summed E-state index contributed by atoms with van der Waals surface area (Å²) in [6.07, 6.45) is 4.59. The fraction of sp³-hybridized carbons (Fsp3) is 0.333. The Kier molecular flexibility index (Phi) is 3.25. The van der Waals surface area contributed by atoms with Crippen molar-refractivity contribution in [3.05, 3.63) is 40.7 Å². The van der Waals surface area contributed by atoms with Crippen molar-refractivity contribution >= 4 is 17.5 Å². The Morgan fingerprint density at radius 2 is 2.38 bits per heavy atom. The summed E-state index contributed by atoms with van der Waals surface area (Å²) in [5, 5.41) is 0.356. The first-order valence-electron chi connectivity index (χ1n) is 5.23. The van der Waals surface area contributed by atoms with Gasteiger partial charge in [0.25, 0.3) is 5.91 Å². The van der Waals surface area contributed by atoms with Gasteiger partial charge in [-0.15, -0.1) is 0 Å². The molecule has 0 spiro atoms. The molecule has 0 radical (unpaired) electrons. The van der Waals surface area contributed by atoms with Crippen LogP contribution in [0.2, 0.25) is 5.15 Å². The Labute approximate surface area is 99.7 Å². The lowest BCUT2D eigenvalue weighted by molar-refractivity contribution is 0.0769. The van der Waals surface area contributed by atoms with E-state index in [0.29, 0.717) is 17.3 Å². The summed E-state index contributed by atoms with van der Waals surface area (Å²) in [6, 6.07) is 3.30. The molecule has 2 heterocycles. The molecule has 0 fully saturated rings. The molecule has 0 N–H and O–H groups in total. The number of hydrogen-bond acceptors (Lipinski definition) is 2. The molecule has 1 aromatic rings. The lowest BCUT2D eigenvalue weighted by Gasteiger charge is -2.25. The molecule has 0 aliphatic carbocycles. The van der Waals surface area contributed by atoms with Crippen LogP contribution in [0.25, 0.3) is 0 Å². The van der Waals surface area contributed by atoms with Gasteiger partial charge in [0, 0.05) is 24.8 Å². The topological polar surface area (TPSA) is 33.2 Å². The number of nitrogens with zero attached hydrogens (tertiary/aromatic N) is 2. The van der Waals surface area contributed by atoms with Gasteiger partial charge in [-0.3, -0.25) is 4.79 Å². The van der Waals surface area contributed by atoms with Gasteiger partial charge in [0.2, 0.25) is 0 Å². The van der Waals surface area contributed by atoms with Crippen molar-refractivity contribution in [1.29, 1.82) is 0 Å². The molecule has 0 aromatic carbocycles. The molecule has 3 nitrogen and oxygen atoms in total.